The summed E-state index contributed by atoms with van der Waals surface area (Å²) in [4.78, 5) is 22.8. The molecule has 2 aliphatic rings. The monoisotopic (exact) mass is 300 g/mol. The van der Waals surface area contributed by atoms with Crippen LogP contribution in [0.1, 0.15) is 30.4 Å². The lowest BCUT2D eigenvalue weighted by atomic mass is 9.93. The average Bonchev–Trinajstić information content (AvgIpc) is 3.04. The Hall–Kier alpha value is -2.56. The number of carboxylic acid groups (broad SMARTS) is 1. The van der Waals surface area contributed by atoms with Crippen molar-refractivity contribution in [3.63, 3.8) is 0 Å². The standard InChI is InChI=1S/C17H16O5/c1-10-8-15(22-17(10)20)21-9-14(16(18)19)13-7-6-11-4-2-3-5-12(11)13/h2-5,8-9,13,15H,6-7H2,1H3,(H,18,19)/b14-9+. The SMILES string of the molecule is CC1=CC(O/C=C(/C(=O)O)C2CCc3ccccc32)OC1=O. The molecule has 22 heavy (non-hydrogen) atoms. The topological polar surface area (TPSA) is 72.8 Å². The summed E-state index contributed by atoms with van der Waals surface area (Å²) in [6, 6.07) is 7.82. The van der Waals surface area contributed by atoms with Crippen LogP contribution in [0.5, 0.6) is 0 Å². The molecule has 5 nitrogen and oxygen atoms in total. The van der Waals surface area contributed by atoms with E-state index in [1.165, 1.54) is 17.9 Å². The number of rotatable bonds is 4. The normalized spacial score (nSPS) is 23.8. The molecule has 1 aromatic rings. The van der Waals surface area contributed by atoms with Crippen LogP contribution in [-0.2, 0) is 25.5 Å². The summed E-state index contributed by atoms with van der Waals surface area (Å²) in [5.74, 6) is -1.66. The number of carbonyl (C=O) groups excluding carboxylic acids is 1. The van der Waals surface area contributed by atoms with Gasteiger partial charge in [0.2, 0.25) is 0 Å². The Balaban J connectivity index is 1.81. The lowest BCUT2D eigenvalue weighted by Crippen LogP contribution is -2.14. The predicted molar refractivity (Wildman–Crippen MR) is 77.9 cm³/mol. The van der Waals surface area contributed by atoms with Crippen molar-refractivity contribution < 1.29 is 24.2 Å². The van der Waals surface area contributed by atoms with Crippen molar-refractivity contribution in [1.29, 1.82) is 0 Å². The van der Waals surface area contributed by atoms with Crippen molar-refractivity contribution in [2.24, 2.45) is 0 Å². The predicted octanol–water partition coefficient (Wildman–Crippen LogP) is 2.53. The van der Waals surface area contributed by atoms with Crippen LogP contribution < -0.4 is 0 Å². The number of cyclic esters (lactones) is 1. The Kier molecular flexibility index (Phi) is 3.71. The minimum atomic E-state index is -1.02. The molecule has 1 N–H and O–H groups in total. The summed E-state index contributed by atoms with van der Waals surface area (Å²) in [5, 5.41) is 9.47. The summed E-state index contributed by atoms with van der Waals surface area (Å²) in [7, 11) is 0. The number of fused-ring (bicyclic) bond motifs is 1. The van der Waals surface area contributed by atoms with Crippen molar-refractivity contribution in [3.8, 4) is 0 Å². The van der Waals surface area contributed by atoms with E-state index in [9.17, 15) is 14.7 Å². The molecule has 0 amide bonds. The summed E-state index contributed by atoms with van der Waals surface area (Å²) in [5.41, 5.74) is 2.83. The highest BCUT2D eigenvalue weighted by Gasteiger charge is 2.30. The highest BCUT2D eigenvalue weighted by Crippen LogP contribution is 2.38. The maximum atomic E-state index is 11.6. The van der Waals surface area contributed by atoms with E-state index in [1.807, 2.05) is 24.3 Å². The second-order valence-corrected chi connectivity index (χ2v) is 5.43. The number of aliphatic carboxylic acids is 1. The lowest BCUT2D eigenvalue weighted by molar-refractivity contribution is -0.152. The van der Waals surface area contributed by atoms with Crippen molar-refractivity contribution in [3.05, 3.63) is 58.9 Å². The molecule has 5 heteroatoms. The molecule has 2 atom stereocenters. The highest BCUT2D eigenvalue weighted by molar-refractivity contribution is 5.90. The molecule has 114 valence electrons. The van der Waals surface area contributed by atoms with E-state index in [0.717, 1.165) is 18.4 Å². The smallest absolute Gasteiger partial charge is 0.336 e. The quantitative estimate of drug-likeness (QED) is 0.525. The van der Waals surface area contributed by atoms with Gasteiger partial charge in [-0.1, -0.05) is 24.3 Å². The molecule has 3 rings (SSSR count). The van der Waals surface area contributed by atoms with E-state index in [-0.39, 0.29) is 11.5 Å². The van der Waals surface area contributed by atoms with Gasteiger partial charge in [0.05, 0.1) is 11.8 Å². The van der Waals surface area contributed by atoms with Crippen molar-refractivity contribution in [2.45, 2.75) is 32.0 Å². The van der Waals surface area contributed by atoms with Crippen LogP contribution in [0.3, 0.4) is 0 Å². The molecule has 1 aliphatic heterocycles. The Bertz CT molecular complexity index is 686. The zero-order chi connectivity index (χ0) is 15.7. The maximum Gasteiger partial charge on any atom is 0.336 e. The van der Waals surface area contributed by atoms with Crippen LogP contribution in [0.4, 0.5) is 0 Å². The van der Waals surface area contributed by atoms with Gasteiger partial charge in [0, 0.05) is 17.6 Å². The van der Waals surface area contributed by atoms with Gasteiger partial charge < -0.3 is 14.6 Å². The van der Waals surface area contributed by atoms with Crippen LogP contribution >= 0.6 is 0 Å². The third kappa shape index (κ3) is 2.62. The van der Waals surface area contributed by atoms with Gasteiger partial charge in [0.15, 0.2) is 0 Å². The molecule has 0 aromatic heterocycles. The van der Waals surface area contributed by atoms with Gasteiger partial charge in [-0.05, 0) is 30.9 Å². The second-order valence-electron chi connectivity index (χ2n) is 5.43. The third-order valence-corrected chi connectivity index (χ3v) is 4.02. The molecular weight excluding hydrogens is 284 g/mol. The minimum absolute atomic E-state index is 0.180. The number of carboxylic acids is 1. The zero-order valence-corrected chi connectivity index (χ0v) is 12.1. The number of hydrogen-bond acceptors (Lipinski definition) is 4. The summed E-state index contributed by atoms with van der Waals surface area (Å²) in [6.07, 6.45) is 3.48. The molecule has 0 spiro atoms. The van der Waals surface area contributed by atoms with Crippen molar-refractivity contribution in [1.82, 2.24) is 0 Å². The third-order valence-electron chi connectivity index (χ3n) is 4.02. The summed E-state index contributed by atoms with van der Waals surface area (Å²) in [6.45, 7) is 1.63. The van der Waals surface area contributed by atoms with Crippen LogP contribution in [0, 0.1) is 0 Å². The van der Waals surface area contributed by atoms with E-state index < -0.39 is 18.2 Å². The van der Waals surface area contributed by atoms with Crippen LogP contribution in [-0.4, -0.2) is 23.3 Å². The van der Waals surface area contributed by atoms with Gasteiger partial charge in [-0.3, -0.25) is 0 Å². The fraction of sp³-hybridized carbons (Fsp3) is 0.294. The van der Waals surface area contributed by atoms with Gasteiger partial charge in [0.1, 0.15) is 0 Å². The first kappa shape index (κ1) is 14.4. The maximum absolute atomic E-state index is 11.6. The van der Waals surface area contributed by atoms with Crippen molar-refractivity contribution >= 4 is 11.9 Å². The van der Waals surface area contributed by atoms with E-state index >= 15 is 0 Å². The number of carbonyl (C=O) groups is 2. The van der Waals surface area contributed by atoms with Gasteiger partial charge in [0.25, 0.3) is 6.29 Å². The van der Waals surface area contributed by atoms with Crippen molar-refractivity contribution in [2.75, 3.05) is 0 Å². The molecule has 2 unspecified atom stereocenters. The fourth-order valence-corrected chi connectivity index (χ4v) is 2.87. The zero-order valence-electron chi connectivity index (χ0n) is 12.1. The van der Waals surface area contributed by atoms with Gasteiger partial charge in [-0.25, -0.2) is 9.59 Å². The first-order chi connectivity index (χ1) is 10.6. The Morgan fingerprint density at radius 3 is 2.86 bits per heavy atom. The molecule has 0 saturated heterocycles. The van der Waals surface area contributed by atoms with E-state index in [0.29, 0.717) is 5.57 Å². The first-order valence-electron chi connectivity index (χ1n) is 7.12. The second kappa shape index (κ2) is 5.67. The molecule has 1 heterocycles. The van der Waals surface area contributed by atoms with E-state index in [4.69, 9.17) is 9.47 Å². The van der Waals surface area contributed by atoms with Gasteiger partial charge >= 0.3 is 11.9 Å². The van der Waals surface area contributed by atoms with E-state index in [1.54, 1.807) is 6.92 Å². The molecular formula is C17H16O5. The largest absolute Gasteiger partial charge is 0.478 e. The Morgan fingerprint density at radius 2 is 2.18 bits per heavy atom. The Morgan fingerprint density at radius 1 is 1.41 bits per heavy atom. The molecule has 0 fully saturated rings. The number of ether oxygens (including phenoxy) is 2. The number of benzene rings is 1. The van der Waals surface area contributed by atoms with Crippen LogP contribution in [0.2, 0.25) is 0 Å². The Labute approximate surface area is 127 Å². The highest BCUT2D eigenvalue weighted by atomic mass is 16.7. The minimum Gasteiger partial charge on any atom is -0.478 e. The van der Waals surface area contributed by atoms with Gasteiger partial charge in [-0.2, -0.15) is 0 Å². The number of aryl methyl sites for hydroxylation is 1. The summed E-state index contributed by atoms with van der Waals surface area (Å²) < 4.78 is 10.3. The first-order valence-corrected chi connectivity index (χ1v) is 7.12. The lowest BCUT2D eigenvalue weighted by Gasteiger charge is -2.14. The number of hydrogen-bond donors (Lipinski definition) is 1. The molecule has 0 radical (unpaired) electrons. The van der Waals surface area contributed by atoms with Crippen LogP contribution in [0.25, 0.3) is 0 Å². The van der Waals surface area contributed by atoms with E-state index in [2.05, 4.69) is 0 Å². The molecule has 1 aliphatic carbocycles. The average molecular weight is 300 g/mol. The van der Waals surface area contributed by atoms with Crippen LogP contribution in [0.15, 0.2) is 47.7 Å². The number of esters is 1. The molecule has 0 bridgehead atoms. The van der Waals surface area contributed by atoms with Gasteiger partial charge in [-0.15, -0.1) is 0 Å². The summed E-state index contributed by atoms with van der Waals surface area (Å²) >= 11 is 0. The molecule has 0 saturated carbocycles. The molecule has 1 aromatic carbocycles. The fourth-order valence-electron chi connectivity index (χ4n) is 2.87.